The fourth-order valence-corrected chi connectivity index (χ4v) is 2.28. The molecule has 82 valence electrons. The van der Waals surface area contributed by atoms with E-state index in [1.165, 1.54) is 0 Å². The summed E-state index contributed by atoms with van der Waals surface area (Å²) < 4.78 is 0. The number of nitrogens with one attached hydrogen (secondary N) is 1. The number of hydrogen-bond donors (Lipinski definition) is 1. The van der Waals surface area contributed by atoms with Gasteiger partial charge in [-0.15, -0.1) is 0 Å². The highest BCUT2D eigenvalue weighted by Gasteiger charge is 2.23. The minimum atomic E-state index is 0.425. The summed E-state index contributed by atoms with van der Waals surface area (Å²) in [4.78, 5) is 4.63. The highest BCUT2D eigenvalue weighted by Crippen LogP contribution is 2.08. The second kappa shape index (κ2) is 4.94. The third-order valence-corrected chi connectivity index (χ3v) is 2.86. The number of piperazine rings is 1. The van der Waals surface area contributed by atoms with Gasteiger partial charge in [0.1, 0.15) is 0 Å². The van der Waals surface area contributed by atoms with Crippen LogP contribution in [0.25, 0.3) is 0 Å². The van der Waals surface area contributed by atoms with Crippen molar-refractivity contribution in [2.24, 2.45) is 0 Å². The van der Waals surface area contributed by atoms with Crippen LogP contribution in [0.5, 0.6) is 0 Å². The summed E-state index contributed by atoms with van der Waals surface area (Å²) in [6, 6.07) is 0.946. The normalized spacial score (nSPS) is 24.1. The van der Waals surface area contributed by atoms with Gasteiger partial charge in [0.15, 0.2) is 5.11 Å². The van der Waals surface area contributed by atoms with Crippen LogP contribution in [-0.4, -0.2) is 53.7 Å². The lowest BCUT2D eigenvalue weighted by molar-refractivity contribution is 0.160. The van der Waals surface area contributed by atoms with Crippen molar-refractivity contribution in [2.75, 3.05) is 26.7 Å². The Morgan fingerprint density at radius 3 is 2.57 bits per heavy atom. The third kappa shape index (κ3) is 3.10. The molecule has 0 radical (unpaired) electrons. The molecule has 0 aromatic carbocycles. The molecule has 0 spiro atoms. The van der Waals surface area contributed by atoms with Gasteiger partial charge < -0.3 is 15.1 Å². The summed E-state index contributed by atoms with van der Waals surface area (Å²) in [5, 5.41) is 4.20. The second-order valence-corrected chi connectivity index (χ2v) is 4.80. The van der Waals surface area contributed by atoms with Crippen molar-refractivity contribution < 1.29 is 0 Å². The fraction of sp³-hybridized carbons (Fsp3) is 0.900. The zero-order valence-corrected chi connectivity index (χ0v) is 10.4. The molecule has 1 aliphatic rings. The van der Waals surface area contributed by atoms with Gasteiger partial charge >= 0.3 is 0 Å². The Morgan fingerprint density at radius 1 is 1.43 bits per heavy atom. The van der Waals surface area contributed by atoms with E-state index in [-0.39, 0.29) is 0 Å². The summed E-state index contributed by atoms with van der Waals surface area (Å²) >= 11 is 5.36. The smallest absolute Gasteiger partial charge is 0.169 e. The molecule has 0 aromatic heterocycles. The lowest BCUT2D eigenvalue weighted by Gasteiger charge is -2.40. The summed E-state index contributed by atoms with van der Waals surface area (Å²) in [5.41, 5.74) is 0. The molecule has 1 N–H and O–H groups in total. The first-order valence-corrected chi connectivity index (χ1v) is 5.67. The summed E-state index contributed by atoms with van der Waals surface area (Å²) in [6.45, 7) is 9.70. The van der Waals surface area contributed by atoms with E-state index in [0.717, 1.165) is 24.7 Å². The predicted molar refractivity (Wildman–Crippen MR) is 64.5 cm³/mol. The number of hydrogen-bond acceptors (Lipinski definition) is 2. The van der Waals surface area contributed by atoms with Crippen LogP contribution in [0.2, 0.25) is 0 Å². The van der Waals surface area contributed by atoms with Crippen LogP contribution in [0.15, 0.2) is 0 Å². The Balaban J connectivity index is 2.47. The molecule has 0 amide bonds. The van der Waals surface area contributed by atoms with Gasteiger partial charge in [-0.05, 0) is 40.0 Å². The molecule has 1 saturated heterocycles. The lowest BCUT2D eigenvalue weighted by atomic mass is 10.2. The van der Waals surface area contributed by atoms with E-state index in [2.05, 4.69) is 42.9 Å². The molecule has 4 heteroatoms. The zero-order chi connectivity index (χ0) is 10.7. The molecular formula is C10H21N3S. The maximum absolute atomic E-state index is 5.36. The van der Waals surface area contributed by atoms with E-state index in [9.17, 15) is 0 Å². The highest BCUT2D eigenvalue weighted by molar-refractivity contribution is 7.80. The molecule has 0 saturated carbocycles. The third-order valence-electron chi connectivity index (χ3n) is 2.50. The topological polar surface area (TPSA) is 18.5 Å². The van der Waals surface area contributed by atoms with Crippen LogP contribution in [0.3, 0.4) is 0 Å². The maximum atomic E-state index is 5.36. The van der Waals surface area contributed by atoms with E-state index >= 15 is 0 Å². The van der Waals surface area contributed by atoms with E-state index in [1.54, 1.807) is 0 Å². The molecule has 1 atom stereocenters. The first kappa shape index (κ1) is 11.7. The van der Waals surface area contributed by atoms with Crippen molar-refractivity contribution in [1.82, 2.24) is 15.1 Å². The minimum absolute atomic E-state index is 0.425. The molecule has 1 rings (SSSR count). The lowest BCUT2D eigenvalue weighted by Crippen LogP contribution is -2.56. The zero-order valence-electron chi connectivity index (χ0n) is 9.58. The van der Waals surface area contributed by atoms with E-state index in [4.69, 9.17) is 12.2 Å². The minimum Gasteiger partial charge on any atom is -0.360 e. The Kier molecular flexibility index (Phi) is 4.13. The monoisotopic (exact) mass is 215 g/mol. The predicted octanol–water partition coefficient (Wildman–Crippen LogP) is 0.905. The van der Waals surface area contributed by atoms with Crippen molar-refractivity contribution in [2.45, 2.75) is 32.9 Å². The Labute approximate surface area is 92.4 Å². The van der Waals surface area contributed by atoms with Gasteiger partial charge in [-0.2, -0.15) is 0 Å². The SMILES string of the molecule is CC(C)NC(=S)N1CCN(C)CC1C. The Bertz CT molecular complexity index is 206. The standard InChI is InChI=1S/C10H21N3S/c1-8(2)11-10(14)13-6-5-12(4)7-9(13)3/h8-9H,5-7H2,1-4H3,(H,11,14). The second-order valence-electron chi connectivity index (χ2n) is 4.41. The molecule has 1 fully saturated rings. The summed E-state index contributed by atoms with van der Waals surface area (Å²) in [7, 11) is 2.16. The highest BCUT2D eigenvalue weighted by atomic mass is 32.1. The maximum Gasteiger partial charge on any atom is 0.169 e. The number of thiocarbonyl (C=S) groups is 1. The molecule has 14 heavy (non-hydrogen) atoms. The average Bonchev–Trinajstić information content (AvgIpc) is 2.01. The molecule has 1 aliphatic heterocycles. The van der Waals surface area contributed by atoms with Gasteiger partial charge in [0, 0.05) is 31.7 Å². The number of rotatable bonds is 1. The molecule has 3 nitrogen and oxygen atoms in total. The summed E-state index contributed by atoms with van der Waals surface area (Å²) in [6.07, 6.45) is 0. The van der Waals surface area contributed by atoms with Crippen molar-refractivity contribution in [3.63, 3.8) is 0 Å². The van der Waals surface area contributed by atoms with E-state index < -0.39 is 0 Å². The van der Waals surface area contributed by atoms with Crippen LogP contribution in [-0.2, 0) is 0 Å². The molecule has 0 aliphatic carbocycles. The number of nitrogens with zero attached hydrogens (tertiary/aromatic N) is 2. The van der Waals surface area contributed by atoms with Gasteiger partial charge in [0.05, 0.1) is 0 Å². The quantitative estimate of drug-likeness (QED) is 0.655. The van der Waals surface area contributed by atoms with Gasteiger partial charge in [-0.3, -0.25) is 0 Å². The first-order chi connectivity index (χ1) is 6.50. The molecule has 0 bridgehead atoms. The molecule has 1 unspecified atom stereocenters. The Hall–Kier alpha value is -0.350. The van der Waals surface area contributed by atoms with Crippen LogP contribution < -0.4 is 5.32 Å². The van der Waals surface area contributed by atoms with E-state index in [1.807, 2.05) is 0 Å². The largest absolute Gasteiger partial charge is 0.360 e. The van der Waals surface area contributed by atoms with Crippen LogP contribution >= 0.6 is 12.2 Å². The van der Waals surface area contributed by atoms with Crippen molar-refractivity contribution in [3.05, 3.63) is 0 Å². The molecule has 0 aromatic rings. The van der Waals surface area contributed by atoms with Crippen LogP contribution in [0.4, 0.5) is 0 Å². The van der Waals surface area contributed by atoms with Crippen molar-refractivity contribution >= 4 is 17.3 Å². The van der Waals surface area contributed by atoms with Gasteiger partial charge in [0.25, 0.3) is 0 Å². The molecular weight excluding hydrogens is 194 g/mol. The van der Waals surface area contributed by atoms with Gasteiger partial charge in [0.2, 0.25) is 0 Å². The number of likely N-dealkylation sites (N-methyl/N-ethyl adjacent to an activating group) is 1. The van der Waals surface area contributed by atoms with Crippen LogP contribution in [0, 0.1) is 0 Å². The fourth-order valence-electron chi connectivity index (χ4n) is 1.77. The van der Waals surface area contributed by atoms with Crippen molar-refractivity contribution in [3.8, 4) is 0 Å². The van der Waals surface area contributed by atoms with E-state index in [0.29, 0.717) is 12.1 Å². The first-order valence-electron chi connectivity index (χ1n) is 5.26. The average molecular weight is 215 g/mol. The van der Waals surface area contributed by atoms with Crippen molar-refractivity contribution in [1.29, 1.82) is 0 Å². The molecule has 1 heterocycles. The van der Waals surface area contributed by atoms with Gasteiger partial charge in [-0.25, -0.2) is 0 Å². The Morgan fingerprint density at radius 2 is 2.07 bits per heavy atom. The summed E-state index contributed by atoms with van der Waals surface area (Å²) in [5.74, 6) is 0. The van der Waals surface area contributed by atoms with Gasteiger partial charge in [-0.1, -0.05) is 0 Å². The van der Waals surface area contributed by atoms with Crippen LogP contribution in [0.1, 0.15) is 20.8 Å².